The lowest BCUT2D eigenvalue weighted by Gasteiger charge is -2.23. The van der Waals surface area contributed by atoms with Gasteiger partial charge in [0.1, 0.15) is 12.4 Å². The second-order valence-electron chi connectivity index (χ2n) is 6.70. The number of rotatable bonds is 6. The van der Waals surface area contributed by atoms with Crippen molar-refractivity contribution in [3.8, 4) is 0 Å². The Morgan fingerprint density at radius 1 is 1.36 bits per heavy atom. The van der Waals surface area contributed by atoms with Crippen LogP contribution in [0.15, 0.2) is 36.9 Å². The van der Waals surface area contributed by atoms with Crippen LogP contribution in [0.5, 0.6) is 0 Å². The van der Waals surface area contributed by atoms with Gasteiger partial charge in [0.05, 0.1) is 13.2 Å². The smallest absolute Gasteiger partial charge is 0.248 e. The van der Waals surface area contributed by atoms with Crippen molar-refractivity contribution in [3.05, 3.63) is 48.3 Å². The molecule has 0 radical (unpaired) electrons. The van der Waals surface area contributed by atoms with Gasteiger partial charge < -0.3 is 14.2 Å². The molecule has 1 aliphatic rings. The summed E-state index contributed by atoms with van der Waals surface area (Å²) in [4.78, 5) is 24.3. The molecule has 7 heteroatoms. The molecular weight excluding hydrogens is 318 g/mol. The van der Waals surface area contributed by atoms with Gasteiger partial charge in [-0.3, -0.25) is 14.7 Å². The lowest BCUT2D eigenvalue weighted by molar-refractivity contribution is -0.134. The summed E-state index contributed by atoms with van der Waals surface area (Å²) in [6.07, 6.45) is 7.55. The molecule has 2 aromatic rings. The van der Waals surface area contributed by atoms with E-state index in [9.17, 15) is 4.79 Å². The zero-order valence-corrected chi connectivity index (χ0v) is 14.8. The summed E-state index contributed by atoms with van der Waals surface area (Å²) in [5, 5.41) is 0. The third-order valence-corrected chi connectivity index (χ3v) is 4.34. The zero-order valence-electron chi connectivity index (χ0n) is 14.8. The van der Waals surface area contributed by atoms with Crippen LogP contribution in [0.3, 0.4) is 0 Å². The van der Waals surface area contributed by atoms with Crippen molar-refractivity contribution in [1.29, 1.82) is 0 Å². The Kier molecular flexibility index (Phi) is 5.78. The maximum absolute atomic E-state index is 11.7. The van der Waals surface area contributed by atoms with E-state index in [1.807, 2.05) is 24.7 Å². The van der Waals surface area contributed by atoms with Crippen LogP contribution in [0.2, 0.25) is 0 Å². The van der Waals surface area contributed by atoms with Crippen molar-refractivity contribution in [2.24, 2.45) is 5.92 Å². The molecule has 1 aliphatic heterocycles. The molecule has 2 aromatic heterocycles. The van der Waals surface area contributed by atoms with Crippen molar-refractivity contribution in [2.75, 3.05) is 33.9 Å². The van der Waals surface area contributed by atoms with Crippen LogP contribution in [0.4, 0.5) is 0 Å². The lowest BCUT2D eigenvalue weighted by atomic mass is 10.1. The van der Waals surface area contributed by atoms with Gasteiger partial charge in [0.15, 0.2) is 0 Å². The molecule has 0 spiro atoms. The summed E-state index contributed by atoms with van der Waals surface area (Å²) in [7, 11) is 3.48. The summed E-state index contributed by atoms with van der Waals surface area (Å²) in [5.74, 6) is 1.36. The standard InChI is InChI=1S/C18H25N5O2/c1-21(2)18(24)14-25-13-16-10-22(9-15-4-3-5-19-8-15)12-17-20-6-7-23(17)11-16/h3-8,16H,9-14H2,1-2H3/t16-/m0/s1. The fraction of sp³-hybridized carbons (Fsp3) is 0.500. The van der Waals surface area contributed by atoms with Gasteiger partial charge >= 0.3 is 0 Å². The monoisotopic (exact) mass is 343 g/mol. The first-order chi connectivity index (χ1) is 12.1. The second-order valence-corrected chi connectivity index (χ2v) is 6.70. The number of likely N-dealkylation sites (N-methyl/N-ethyl adjacent to an activating group) is 1. The molecule has 0 bridgehead atoms. The Morgan fingerprint density at radius 2 is 2.24 bits per heavy atom. The van der Waals surface area contributed by atoms with E-state index in [0.29, 0.717) is 12.5 Å². The first-order valence-corrected chi connectivity index (χ1v) is 8.51. The molecule has 7 nitrogen and oxygen atoms in total. The molecule has 0 aromatic carbocycles. The Balaban J connectivity index is 1.63. The third kappa shape index (κ3) is 4.87. The van der Waals surface area contributed by atoms with Gasteiger partial charge in [0, 0.05) is 64.4 Å². The van der Waals surface area contributed by atoms with Crippen molar-refractivity contribution in [2.45, 2.75) is 19.6 Å². The average Bonchev–Trinajstić information content (AvgIpc) is 2.95. The first kappa shape index (κ1) is 17.6. The van der Waals surface area contributed by atoms with Gasteiger partial charge in [-0.1, -0.05) is 6.07 Å². The summed E-state index contributed by atoms with van der Waals surface area (Å²) in [5.41, 5.74) is 1.19. The highest BCUT2D eigenvalue weighted by molar-refractivity contribution is 5.76. The van der Waals surface area contributed by atoms with Crippen LogP contribution < -0.4 is 0 Å². The zero-order chi connectivity index (χ0) is 17.6. The predicted molar refractivity (Wildman–Crippen MR) is 93.6 cm³/mol. The number of hydrogen-bond acceptors (Lipinski definition) is 5. The van der Waals surface area contributed by atoms with E-state index in [-0.39, 0.29) is 12.5 Å². The number of nitrogens with zero attached hydrogens (tertiary/aromatic N) is 5. The molecule has 134 valence electrons. The number of fused-ring (bicyclic) bond motifs is 1. The van der Waals surface area contributed by atoms with Crippen molar-refractivity contribution in [1.82, 2.24) is 24.3 Å². The number of aromatic nitrogens is 3. The molecule has 0 saturated carbocycles. The summed E-state index contributed by atoms with van der Waals surface area (Å²) >= 11 is 0. The minimum Gasteiger partial charge on any atom is -0.371 e. The highest BCUT2D eigenvalue weighted by Crippen LogP contribution is 2.18. The number of carbonyl (C=O) groups excluding carboxylic acids is 1. The molecule has 1 amide bonds. The van der Waals surface area contributed by atoms with E-state index in [4.69, 9.17) is 4.74 Å². The van der Waals surface area contributed by atoms with E-state index in [0.717, 1.165) is 32.0 Å². The Morgan fingerprint density at radius 3 is 3.00 bits per heavy atom. The summed E-state index contributed by atoms with van der Waals surface area (Å²) in [6.45, 7) is 4.07. The summed E-state index contributed by atoms with van der Waals surface area (Å²) < 4.78 is 7.86. The number of imidazole rings is 1. The number of pyridine rings is 1. The van der Waals surface area contributed by atoms with E-state index in [2.05, 4.69) is 25.5 Å². The molecule has 0 saturated heterocycles. The number of hydrogen-bond donors (Lipinski definition) is 0. The van der Waals surface area contributed by atoms with Gasteiger partial charge in [0.2, 0.25) is 5.91 Å². The van der Waals surface area contributed by atoms with Crippen molar-refractivity contribution >= 4 is 5.91 Å². The number of carbonyl (C=O) groups is 1. The predicted octanol–water partition coefficient (Wildman–Crippen LogP) is 1.01. The van der Waals surface area contributed by atoms with E-state index < -0.39 is 0 Å². The fourth-order valence-corrected chi connectivity index (χ4v) is 3.04. The Bertz CT molecular complexity index is 686. The molecule has 0 N–H and O–H groups in total. The van der Waals surface area contributed by atoms with E-state index in [1.54, 1.807) is 25.2 Å². The molecule has 0 fully saturated rings. The molecule has 3 rings (SSSR count). The Labute approximate surface area is 148 Å². The maximum Gasteiger partial charge on any atom is 0.248 e. The minimum absolute atomic E-state index is 0.0100. The van der Waals surface area contributed by atoms with E-state index in [1.165, 1.54) is 5.56 Å². The number of ether oxygens (including phenoxy) is 1. The quantitative estimate of drug-likeness (QED) is 0.783. The van der Waals surface area contributed by atoms with Gasteiger partial charge in [-0.15, -0.1) is 0 Å². The first-order valence-electron chi connectivity index (χ1n) is 8.51. The van der Waals surface area contributed by atoms with Gasteiger partial charge in [0.25, 0.3) is 0 Å². The average molecular weight is 343 g/mol. The van der Waals surface area contributed by atoms with Crippen LogP contribution in [-0.2, 0) is 29.2 Å². The second kappa shape index (κ2) is 8.22. The lowest BCUT2D eigenvalue weighted by Crippen LogP contribution is -2.32. The minimum atomic E-state index is -0.0100. The van der Waals surface area contributed by atoms with Gasteiger partial charge in [-0.05, 0) is 11.6 Å². The van der Waals surface area contributed by atoms with E-state index >= 15 is 0 Å². The topological polar surface area (TPSA) is 63.5 Å². The largest absolute Gasteiger partial charge is 0.371 e. The molecule has 1 atom stereocenters. The van der Waals surface area contributed by atoms with Crippen molar-refractivity contribution < 1.29 is 9.53 Å². The van der Waals surface area contributed by atoms with Crippen LogP contribution in [0.1, 0.15) is 11.4 Å². The number of amides is 1. The SMILES string of the molecule is CN(C)C(=O)COC[C@H]1CN(Cc2cccnc2)Cc2nccn2C1. The Hall–Kier alpha value is -2.25. The normalized spacial score (nSPS) is 17.8. The highest BCUT2D eigenvalue weighted by Gasteiger charge is 2.23. The van der Waals surface area contributed by atoms with Gasteiger partial charge in [-0.2, -0.15) is 0 Å². The molecule has 0 unspecified atom stereocenters. The molecule has 0 aliphatic carbocycles. The van der Waals surface area contributed by atoms with Gasteiger partial charge in [-0.25, -0.2) is 4.98 Å². The third-order valence-electron chi connectivity index (χ3n) is 4.34. The molecular formula is C18H25N5O2. The van der Waals surface area contributed by atoms with Crippen LogP contribution in [0.25, 0.3) is 0 Å². The van der Waals surface area contributed by atoms with Crippen LogP contribution >= 0.6 is 0 Å². The molecule has 3 heterocycles. The van der Waals surface area contributed by atoms with Crippen LogP contribution in [-0.4, -0.2) is 64.1 Å². The maximum atomic E-state index is 11.7. The van der Waals surface area contributed by atoms with Crippen LogP contribution in [0, 0.1) is 5.92 Å². The fourth-order valence-electron chi connectivity index (χ4n) is 3.04. The highest BCUT2D eigenvalue weighted by atomic mass is 16.5. The summed E-state index contributed by atoms with van der Waals surface area (Å²) in [6, 6.07) is 4.05. The van der Waals surface area contributed by atoms with Crippen molar-refractivity contribution in [3.63, 3.8) is 0 Å². The molecule has 25 heavy (non-hydrogen) atoms.